The largest absolute Gasteiger partial charge is 0.481 e. The number of nitrogens with one attached hydrogen (secondary N) is 1. The van der Waals surface area contributed by atoms with Crippen LogP contribution in [-0.4, -0.2) is 41.1 Å². The lowest BCUT2D eigenvalue weighted by Crippen LogP contribution is -2.45. The molecule has 116 valence electrons. The summed E-state index contributed by atoms with van der Waals surface area (Å²) >= 11 is 0. The van der Waals surface area contributed by atoms with Crippen LogP contribution >= 0.6 is 0 Å². The number of carboxylic acid groups (broad SMARTS) is 1. The number of aliphatic carboxylic acids is 1. The third-order valence-corrected chi connectivity index (χ3v) is 3.03. The summed E-state index contributed by atoms with van der Waals surface area (Å²) in [6.45, 7) is 4.19. The summed E-state index contributed by atoms with van der Waals surface area (Å²) in [6, 6.07) is 5.83. The molecule has 0 fully saturated rings. The molecule has 1 aromatic carbocycles. The third-order valence-electron chi connectivity index (χ3n) is 3.03. The summed E-state index contributed by atoms with van der Waals surface area (Å²) in [5.74, 6) is -1.24. The molecule has 0 aromatic heterocycles. The van der Waals surface area contributed by atoms with Gasteiger partial charge in [-0.15, -0.1) is 0 Å². The predicted octanol–water partition coefficient (Wildman–Crippen LogP) is 2.26. The normalized spacial score (nSPS) is 10.5. The van der Waals surface area contributed by atoms with Crippen LogP contribution in [0.5, 0.6) is 0 Å². The fourth-order valence-electron chi connectivity index (χ4n) is 1.92. The molecule has 2 N–H and O–H groups in total. The Morgan fingerprint density at radius 3 is 2.67 bits per heavy atom. The average Bonchev–Trinajstić information content (AvgIpc) is 2.38. The number of carbonyl (C=O) groups excluding carboxylic acids is 1. The van der Waals surface area contributed by atoms with E-state index in [1.165, 1.54) is 17.0 Å². The van der Waals surface area contributed by atoms with Gasteiger partial charge < -0.3 is 15.3 Å². The summed E-state index contributed by atoms with van der Waals surface area (Å²) in [5.41, 5.74) is 0.803. The highest BCUT2D eigenvalue weighted by molar-refractivity contribution is 5.75. The number of carboxylic acids is 1. The van der Waals surface area contributed by atoms with Gasteiger partial charge in [0.25, 0.3) is 0 Å². The molecule has 1 aromatic rings. The van der Waals surface area contributed by atoms with Crippen LogP contribution in [0, 0.1) is 5.82 Å². The summed E-state index contributed by atoms with van der Waals surface area (Å²) in [7, 11) is 0. The second kappa shape index (κ2) is 8.24. The Balaban J connectivity index is 2.44. The highest BCUT2D eigenvalue weighted by Gasteiger charge is 2.17. The van der Waals surface area contributed by atoms with Gasteiger partial charge in [-0.25, -0.2) is 9.18 Å². The van der Waals surface area contributed by atoms with E-state index in [0.717, 1.165) is 5.56 Å². The Bertz CT molecular complexity index is 492. The smallest absolute Gasteiger partial charge is 0.317 e. The molecule has 0 saturated heterocycles. The van der Waals surface area contributed by atoms with Gasteiger partial charge >= 0.3 is 12.0 Å². The van der Waals surface area contributed by atoms with Crippen molar-refractivity contribution in [3.63, 3.8) is 0 Å². The van der Waals surface area contributed by atoms with E-state index in [9.17, 15) is 14.0 Å². The van der Waals surface area contributed by atoms with Crippen LogP contribution in [0.4, 0.5) is 9.18 Å². The number of urea groups is 1. The zero-order valence-electron chi connectivity index (χ0n) is 12.3. The van der Waals surface area contributed by atoms with Crippen molar-refractivity contribution in [1.29, 1.82) is 0 Å². The minimum Gasteiger partial charge on any atom is -0.481 e. The minimum absolute atomic E-state index is 0.0847. The molecule has 0 atom stereocenters. The molecular formula is C15H21FN2O3. The first-order chi connectivity index (χ1) is 9.90. The molecule has 2 amide bonds. The lowest BCUT2D eigenvalue weighted by molar-refractivity contribution is -0.137. The molecule has 0 aliphatic carbocycles. The Morgan fingerprint density at radius 2 is 2.10 bits per heavy atom. The molecule has 5 nitrogen and oxygen atoms in total. The van der Waals surface area contributed by atoms with Crippen molar-refractivity contribution in [2.45, 2.75) is 32.7 Å². The molecule has 0 saturated carbocycles. The Morgan fingerprint density at radius 1 is 1.38 bits per heavy atom. The van der Waals surface area contributed by atoms with E-state index < -0.39 is 5.97 Å². The summed E-state index contributed by atoms with van der Waals surface area (Å²) < 4.78 is 13.0. The molecule has 1 rings (SSSR count). The lowest BCUT2D eigenvalue weighted by atomic mass is 10.1. The molecule has 0 unspecified atom stereocenters. The van der Waals surface area contributed by atoms with Crippen molar-refractivity contribution in [3.8, 4) is 0 Å². The van der Waals surface area contributed by atoms with Gasteiger partial charge in [-0.1, -0.05) is 12.1 Å². The second-order valence-electron chi connectivity index (χ2n) is 5.04. The van der Waals surface area contributed by atoms with Crippen LogP contribution in [0.3, 0.4) is 0 Å². The van der Waals surface area contributed by atoms with Gasteiger partial charge in [0, 0.05) is 19.1 Å². The molecule has 21 heavy (non-hydrogen) atoms. The van der Waals surface area contributed by atoms with E-state index in [1.807, 2.05) is 13.8 Å². The van der Waals surface area contributed by atoms with E-state index in [1.54, 1.807) is 12.1 Å². The maximum atomic E-state index is 13.0. The van der Waals surface area contributed by atoms with Crippen LogP contribution in [0.2, 0.25) is 0 Å². The van der Waals surface area contributed by atoms with E-state index in [-0.39, 0.29) is 30.9 Å². The van der Waals surface area contributed by atoms with Gasteiger partial charge in [-0.3, -0.25) is 4.79 Å². The highest BCUT2D eigenvalue weighted by atomic mass is 19.1. The van der Waals surface area contributed by atoms with Gasteiger partial charge in [-0.05, 0) is 38.0 Å². The SMILES string of the molecule is CC(C)N(CCC(=O)O)C(=O)NCCc1cccc(F)c1. The number of benzene rings is 1. The van der Waals surface area contributed by atoms with Crippen molar-refractivity contribution >= 4 is 12.0 Å². The first-order valence-corrected chi connectivity index (χ1v) is 6.91. The van der Waals surface area contributed by atoms with Gasteiger partial charge in [0.05, 0.1) is 6.42 Å². The molecule has 6 heteroatoms. The molecule has 0 bridgehead atoms. The number of hydrogen-bond acceptors (Lipinski definition) is 2. The minimum atomic E-state index is -0.937. The standard InChI is InChI=1S/C15H21FN2O3/c1-11(2)18(9-7-14(19)20)15(21)17-8-6-12-4-3-5-13(16)10-12/h3-5,10-11H,6-9H2,1-2H3,(H,17,21)(H,19,20). The van der Waals surface area contributed by atoms with E-state index >= 15 is 0 Å². The van der Waals surface area contributed by atoms with E-state index in [2.05, 4.69) is 5.32 Å². The van der Waals surface area contributed by atoms with Crippen LogP contribution in [0.1, 0.15) is 25.8 Å². The first-order valence-electron chi connectivity index (χ1n) is 6.91. The maximum Gasteiger partial charge on any atom is 0.317 e. The van der Waals surface area contributed by atoms with Crippen molar-refractivity contribution in [3.05, 3.63) is 35.6 Å². The van der Waals surface area contributed by atoms with E-state index in [0.29, 0.717) is 13.0 Å². The quantitative estimate of drug-likeness (QED) is 0.811. The fourth-order valence-corrected chi connectivity index (χ4v) is 1.92. The number of carbonyl (C=O) groups is 2. The third kappa shape index (κ3) is 6.25. The Labute approximate surface area is 123 Å². The van der Waals surface area contributed by atoms with Crippen molar-refractivity contribution in [1.82, 2.24) is 10.2 Å². The number of nitrogens with zero attached hydrogens (tertiary/aromatic N) is 1. The van der Waals surface area contributed by atoms with Crippen LogP contribution in [0.15, 0.2) is 24.3 Å². The van der Waals surface area contributed by atoms with Gasteiger partial charge in [-0.2, -0.15) is 0 Å². The maximum absolute atomic E-state index is 13.0. The predicted molar refractivity (Wildman–Crippen MR) is 77.6 cm³/mol. The average molecular weight is 296 g/mol. The van der Waals surface area contributed by atoms with Gasteiger partial charge in [0.2, 0.25) is 0 Å². The van der Waals surface area contributed by atoms with E-state index in [4.69, 9.17) is 5.11 Å². The fraction of sp³-hybridized carbons (Fsp3) is 0.467. The van der Waals surface area contributed by atoms with Gasteiger partial charge in [0.15, 0.2) is 0 Å². The number of halogens is 1. The first kappa shape index (κ1) is 16.9. The van der Waals surface area contributed by atoms with Crippen molar-refractivity contribution in [2.75, 3.05) is 13.1 Å². The van der Waals surface area contributed by atoms with Crippen LogP contribution in [0.25, 0.3) is 0 Å². The Kier molecular flexibility index (Phi) is 6.65. The number of rotatable bonds is 7. The van der Waals surface area contributed by atoms with Crippen molar-refractivity contribution < 1.29 is 19.1 Å². The molecule has 0 aliphatic rings. The zero-order chi connectivity index (χ0) is 15.8. The number of hydrogen-bond donors (Lipinski definition) is 2. The topological polar surface area (TPSA) is 69.6 Å². The highest BCUT2D eigenvalue weighted by Crippen LogP contribution is 2.04. The second-order valence-corrected chi connectivity index (χ2v) is 5.04. The molecular weight excluding hydrogens is 275 g/mol. The summed E-state index contributed by atoms with van der Waals surface area (Å²) in [4.78, 5) is 24.1. The number of amides is 2. The molecule has 0 spiro atoms. The molecule has 0 heterocycles. The van der Waals surface area contributed by atoms with Crippen LogP contribution < -0.4 is 5.32 Å². The molecule has 0 radical (unpaired) electrons. The monoisotopic (exact) mass is 296 g/mol. The summed E-state index contributed by atoms with van der Waals surface area (Å²) in [6.07, 6.45) is 0.434. The van der Waals surface area contributed by atoms with Crippen LogP contribution in [-0.2, 0) is 11.2 Å². The summed E-state index contributed by atoms with van der Waals surface area (Å²) in [5, 5.41) is 11.4. The van der Waals surface area contributed by atoms with Gasteiger partial charge in [0.1, 0.15) is 5.82 Å². The Hall–Kier alpha value is -2.11. The van der Waals surface area contributed by atoms with Crippen molar-refractivity contribution in [2.24, 2.45) is 0 Å². The zero-order valence-corrected chi connectivity index (χ0v) is 12.3. The lowest BCUT2D eigenvalue weighted by Gasteiger charge is -2.26. The molecule has 0 aliphatic heterocycles.